The maximum absolute atomic E-state index is 12.5. The van der Waals surface area contributed by atoms with Crippen LogP contribution in [0.2, 0.25) is 0 Å². The number of benzene rings is 1. The zero-order valence-corrected chi connectivity index (χ0v) is 15.2. The second-order valence-electron chi connectivity index (χ2n) is 6.65. The smallest absolute Gasteiger partial charge is 0.323 e. The highest BCUT2D eigenvalue weighted by atomic mass is 16.5. The number of hydrogen-bond acceptors (Lipinski definition) is 5. The van der Waals surface area contributed by atoms with Gasteiger partial charge in [-0.05, 0) is 36.1 Å². The molecule has 6 heteroatoms. The Bertz CT molecular complexity index is 835. The Balaban J connectivity index is 2.23. The molecule has 0 amide bonds. The van der Waals surface area contributed by atoms with Crippen LogP contribution in [0.3, 0.4) is 0 Å². The molecular weight excluding hydrogens is 322 g/mol. The summed E-state index contributed by atoms with van der Waals surface area (Å²) in [5.41, 5.74) is 1.85. The summed E-state index contributed by atoms with van der Waals surface area (Å²) in [6.07, 6.45) is 0.620. The summed E-state index contributed by atoms with van der Waals surface area (Å²) < 4.78 is 17.3. The first-order valence-electron chi connectivity index (χ1n) is 8.21. The van der Waals surface area contributed by atoms with E-state index in [0.29, 0.717) is 6.42 Å². The predicted molar refractivity (Wildman–Crippen MR) is 92.7 cm³/mol. The number of aromatic nitrogens is 1. The van der Waals surface area contributed by atoms with Crippen molar-refractivity contribution in [3.63, 3.8) is 0 Å². The van der Waals surface area contributed by atoms with Crippen molar-refractivity contribution in [2.75, 3.05) is 21.3 Å². The third kappa shape index (κ3) is 2.39. The Hall–Kier alpha value is -2.50. The van der Waals surface area contributed by atoms with E-state index in [1.807, 2.05) is 36.7 Å². The molecule has 0 aliphatic heterocycles. The van der Waals surface area contributed by atoms with Gasteiger partial charge in [0.05, 0.1) is 21.3 Å². The molecule has 6 nitrogen and oxygen atoms in total. The van der Waals surface area contributed by atoms with Crippen molar-refractivity contribution in [3.8, 4) is 5.75 Å². The minimum absolute atomic E-state index is 0.00208. The number of rotatable bonds is 3. The molecule has 1 unspecified atom stereocenters. The first-order valence-corrected chi connectivity index (χ1v) is 8.21. The molecule has 1 aliphatic carbocycles. The molecule has 0 radical (unpaired) electrons. The fraction of sp³-hybridized carbons (Fsp3) is 0.474. The lowest BCUT2D eigenvalue weighted by molar-refractivity contribution is -0.170. The minimum atomic E-state index is -1.30. The highest BCUT2D eigenvalue weighted by Gasteiger charge is 2.53. The van der Waals surface area contributed by atoms with Crippen molar-refractivity contribution in [1.82, 2.24) is 4.57 Å². The molecule has 1 aromatic heterocycles. The van der Waals surface area contributed by atoms with E-state index in [9.17, 15) is 9.59 Å². The Morgan fingerprint density at radius 2 is 1.80 bits per heavy atom. The molecule has 25 heavy (non-hydrogen) atoms. The molecule has 1 atom stereocenters. The first-order chi connectivity index (χ1) is 11.9. The molecule has 0 N–H and O–H groups in total. The molecule has 0 saturated carbocycles. The zero-order valence-electron chi connectivity index (χ0n) is 15.2. The van der Waals surface area contributed by atoms with Gasteiger partial charge in [0.2, 0.25) is 0 Å². The van der Waals surface area contributed by atoms with E-state index in [4.69, 9.17) is 14.2 Å². The SMILES string of the molecule is COC(=O)C1(C(=O)OC)Cc2c(c3cc(OC)ccc3n2C)C(C)C1. The fourth-order valence-corrected chi connectivity index (χ4v) is 4.16. The number of hydrogen-bond donors (Lipinski definition) is 0. The van der Waals surface area contributed by atoms with Crippen LogP contribution < -0.4 is 4.74 Å². The lowest BCUT2D eigenvalue weighted by Crippen LogP contribution is -2.46. The lowest BCUT2D eigenvalue weighted by Gasteiger charge is -2.35. The number of esters is 2. The van der Waals surface area contributed by atoms with Gasteiger partial charge >= 0.3 is 11.9 Å². The van der Waals surface area contributed by atoms with E-state index >= 15 is 0 Å². The summed E-state index contributed by atoms with van der Waals surface area (Å²) in [5, 5.41) is 1.09. The third-order valence-electron chi connectivity index (χ3n) is 5.34. The number of fused-ring (bicyclic) bond motifs is 3. The van der Waals surface area contributed by atoms with Gasteiger partial charge in [0.1, 0.15) is 5.75 Å². The maximum Gasteiger partial charge on any atom is 0.323 e. The van der Waals surface area contributed by atoms with Gasteiger partial charge in [-0.1, -0.05) is 6.92 Å². The average molecular weight is 345 g/mol. The summed E-state index contributed by atoms with van der Waals surface area (Å²) in [5.74, 6) is -0.303. The highest BCUT2D eigenvalue weighted by molar-refractivity contribution is 6.01. The Labute approximate surface area is 146 Å². The Morgan fingerprint density at radius 1 is 1.16 bits per heavy atom. The van der Waals surface area contributed by atoms with Gasteiger partial charge in [-0.3, -0.25) is 9.59 Å². The normalized spacial score (nSPS) is 18.5. The van der Waals surface area contributed by atoms with Gasteiger partial charge in [-0.15, -0.1) is 0 Å². The zero-order chi connectivity index (χ0) is 18.4. The molecule has 0 bridgehead atoms. The van der Waals surface area contributed by atoms with Crippen LogP contribution in [0, 0.1) is 5.41 Å². The maximum atomic E-state index is 12.5. The van der Waals surface area contributed by atoms with Gasteiger partial charge in [-0.25, -0.2) is 0 Å². The van der Waals surface area contributed by atoms with Crippen LogP contribution >= 0.6 is 0 Å². The van der Waals surface area contributed by atoms with Crippen LogP contribution in [0.4, 0.5) is 0 Å². The van der Waals surface area contributed by atoms with Gasteiger partial charge in [0.15, 0.2) is 5.41 Å². The fourth-order valence-electron chi connectivity index (χ4n) is 4.16. The molecular formula is C19H23NO5. The highest BCUT2D eigenvalue weighted by Crippen LogP contribution is 2.47. The Morgan fingerprint density at radius 3 is 2.36 bits per heavy atom. The van der Waals surface area contributed by atoms with Crippen LogP contribution in [0.15, 0.2) is 18.2 Å². The topological polar surface area (TPSA) is 66.8 Å². The van der Waals surface area contributed by atoms with Gasteiger partial charge in [-0.2, -0.15) is 0 Å². The van der Waals surface area contributed by atoms with Crippen molar-refractivity contribution in [2.45, 2.75) is 25.7 Å². The molecule has 134 valence electrons. The van der Waals surface area contributed by atoms with Crippen LogP contribution in [-0.4, -0.2) is 37.8 Å². The third-order valence-corrected chi connectivity index (χ3v) is 5.34. The molecule has 2 aromatic rings. The Kier molecular flexibility index (Phi) is 4.22. The van der Waals surface area contributed by atoms with Gasteiger partial charge in [0, 0.05) is 30.1 Å². The van der Waals surface area contributed by atoms with Crippen molar-refractivity contribution in [2.24, 2.45) is 12.5 Å². The largest absolute Gasteiger partial charge is 0.497 e. The number of nitrogens with zero attached hydrogens (tertiary/aromatic N) is 1. The summed E-state index contributed by atoms with van der Waals surface area (Å²) in [6, 6.07) is 5.91. The number of ether oxygens (including phenoxy) is 3. The molecule has 1 aromatic carbocycles. The summed E-state index contributed by atoms with van der Waals surface area (Å²) in [6.45, 7) is 2.03. The van der Waals surface area contributed by atoms with E-state index in [1.165, 1.54) is 14.2 Å². The quantitative estimate of drug-likeness (QED) is 0.632. The second-order valence-corrected chi connectivity index (χ2v) is 6.65. The molecule has 0 fully saturated rings. The first kappa shape index (κ1) is 17.3. The molecule has 3 rings (SSSR count). The van der Waals surface area contributed by atoms with E-state index in [-0.39, 0.29) is 12.3 Å². The van der Waals surface area contributed by atoms with Crippen LogP contribution in [0.25, 0.3) is 10.9 Å². The number of carbonyl (C=O) groups is 2. The minimum Gasteiger partial charge on any atom is -0.497 e. The summed E-state index contributed by atoms with van der Waals surface area (Å²) >= 11 is 0. The second kappa shape index (κ2) is 6.10. The molecule has 0 saturated heterocycles. The van der Waals surface area contributed by atoms with Crippen molar-refractivity contribution in [1.29, 1.82) is 0 Å². The molecule has 0 spiro atoms. The van der Waals surface area contributed by atoms with Gasteiger partial charge in [0.25, 0.3) is 0 Å². The van der Waals surface area contributed by atoms with Crippen molar-refractivity contribution >= 4 is 22.8 Å². The van der Waals surface area contributed by atoms with E-state index in [0.717, 1.165) is 27.9 Å². The number of carbonyl (C=O) groups excluding carboxylic acids is 2. The van der Waals surface area contributed by atoms with Gasteiger partial charge < -0.3 is 18.8 Å². The summed E-state index contributed by atoms with van der Waals surface area (Å²) in [7, 11) is 6.20. The van der Waals surface area contributed by atoms with Crippen molar-refractivity contribution in [3.05, 3.63) is 29.5 Å². The summed E-state index contributed by atoms with van der Waals surface area (Å²) in [4.78, 5) is 25.0. The lowest BCUT2D eigenvalue weighted by atomic mass is 9.69. The van der Waals surface area contributed by atoms with Crippen LogP contribution in [0.5, 0.6) is 5.75 Å². The van der Waals surface area contributed by atoms with E-state index < -0.39 is 17.4 Å². The molecule has 1 aliphatic rings. The van der Waals surface area contributed by atoms with Crippen molar-refractivity contribution < 1.29 is 23.8 Å². The number of aryl methyl sites for hydroxylation is 1. The van der Waals surface area contributed by atoms with Crippen LogP contribution in [-0.2, 0) is 32.5 Å². The number of methoxy groups -OCH3 is 3. The molecule has 1 heterocycles. The standard InChI is InChI=1S/C19H23NO5/c1-11-9-19(17(21)24-4,18(22)25-5)10-15-16(11)13-8-12(23-3)6-7-14(13)20(15)2/h6-8,11H,9-10H2,1-5H3. The van der Waals surface area contributed by atoms with Crippen LogP contribution in [0.1, 0.15) is 30.5 Å². The van der Waals surface area contributed by atoms with E-state index in [2.05, 4.69) is 0 Å². The monoisotopic (exact) mass is 345 g/mol. The predicted octanol–water partition coefficient (Wildman–Crippen LogP) is 2.57. The van der Waals surface area contributed by atoms with E-state index in [1.54, 1.807) is 7.11 Å². The average Bonchev–Trinajstić information content (AvgIpc) is 2.92.